The summed E-state index contributed by atoms with van der Waals surface area (Å²) in [5.41, 5.74) is -0.697. The highest BCUT2D eigenvalue weighted by Gasteiger charge is 2.49. The molecule has 2 heterocycles. The van der Waals surface area contributed by atoms with Gasteiger partial charge >= 0.3 is 12.0 Å². The number of benzene rings is 1. The van der Waals surface area contributed by atoms with Gasteiger partial charge in [0.05, 0.1) is 0 Å². The summed E-state index contributed by atoms with van der Waals surface area (Å²) in [6.07, 6.45) is -1.17. The zero-order valence-electron chi connectivity index (χ0n) is 16.1. The van der Waals surface area contributed by atoms with Gasteiger partial charge in [0.25, 0.3) is 11.8 Å². The molecule has 0 unspecified atom stereocenters. The molecule has 1 saturated heterocycles. The Hall–Kier alpha value is -3.69. The molecule has 2 atom stereocenters. The minimum Gasteiger partial charge on any atom is -0.451 e. The van der Waals surface area contributed by atoms with Crippen LogP contribution in [0.4, 0.5) is 10.6 Å². The number of imide groups is 1. The number of anilines is 1. The van der Waals surface area contributed by atoms with Crippen molar-refractivity contribution in [3.05, 3.63) is 47.7 Å². The predicted octanol–water partition coefficient (Wildman–Crippen LogP) is 1.32. The molecule has 1 fully saturated rings. The van der Waals surface area contributed by atoms with Crippen molar-refractivity contribution in [2.45, 2.75) is 32.4 Å². The maximum atomic E-state index is 12.8. The van der Waals surface area contributed by atoms with Crippen molar-refractivity contribution in [1.82, 2.24) is 15.4 Å². The van der Waals surface area contributed by atoms with Crippen molar-refractivity contribution >= 4 is 29.6 Å². The average molecular weight is 400 g/mol. The molecule has 0 bridgehead atoms. The van der Waals surface area contributed by atoms with Crippen molar-refractivity contribution < 1.29 is 28.4 Å². The van der Waals surface area contributed by atoms with Gasteiger partial charge in [-0.05, 0) is 26.3 Å². The first-order valence-corrected chi connectivity index (χ1v) is 8.84. The van der Waals surface area contributed by atoms with Gasteiger partial charge < -0.3 is 19.9 Å². The Labute approximate surface area is 166 Å². The maximum absolute atomic E-state index is 12.8. The second-order valence-electron chi connectivity index (χ2n) is 6.76. The van der Waals surface area contributed by atoms with Gasteiger partial charge in [-0.2, -0.15) is 0 Å². The van der Waals surface area contributed by atoms with Gasteiger partial charge in [0.2, 0.25) is 0 Å². The molecule has 2 aromatic rings. The van der Waals surface area contributed by atoms with Gasteiger partial charge in [0, 0.05) is 6.07 Å². The predicted molar refractivity (Wildman–Crippen MR) is 99.5 cm³/mol. The van der Waals surface area contributed by atoms with Gasteiger partial charge in [-0.3, -0.25) is 19.3 Å². The molecule has 152 valence electrons. The van der Waals surface area contributed by atoms with Crippen molar-refractivity contribution in [3.63, 3.8) is 0 Å². The van der Waals surface area contributed by atoms with E-state index < -0.39 is 42.0 Å². The maximum Gasteiger partial charge on any atom is 0.327 e. The van der Waals surface area contributed by atoms with Crippen LogP contribution in [0.1, 0.15) is 25.2 Å². The Morgan fingerprint density at radius 3 is 2.62 bits per heavy atom. The highest BCUT2D eigenvalue weighted by molar-refractivity contribution is 6.09. The summed E-state index contributed by atoms with van der Waals surface area (Å²) in [5.74, 6) is -1.42. The van der Waals surface area contributed by atoms with Gasteiger partial charge in [-0.15, -0.1) is 0 Å². The van der Waals surface area contributed by atoms with E-state index in [0.29, 0.717) is 11.3 Å². The second-order valence-corrected chi connectivity index (χ2v) is 6.76. The SMILES string of the molecule is Cc1cc(NC(=O)[C@@H](C)OC(=O)CN2C(=O)N[C@@](C)(c3ccccc3)C2=O)no1. The van der Waals surface area contributed by atoms with Crippen LogP contribution in [0.5, 0.6) is 0 Å². The van der Waals surface area contributed by atoms with Crippen LogP contribution in [0.2, 0.25) is 0 Å². The Kier molecular flexibility index (Phi) is 5.35. The van der Waals surface area contributed by atoms with Crippen molar-refractivity contribution in [1.29, 1.82) is 0 Å². The molecule has 4 amide bonds. The van der Waals surface area contributed by atoms with Crippen LogP contribution in [0, 0.1) is 6.92 Å². The van der Waals surface area contributed by atoms with E-state index in [-0.39, 0.29) is 5.82 Å². The highest BCUT2D eigenvalue weighted by atomic mass is 16.5. The number of urea groups is 1. The molecule has 2 N–H and O–H groups in total. The van der Waals surface area contributed by atoms with Gasteiger partial charge in [0.1, 0.15) is 17.8 Å². The number of rotatable bonds is 6. The van der Waals surface area contributed by atoms with E-state index in [1.54, 1.807) is 44.2 Å². The number of carbonyl (C=O) groups excluding carboxylic acids is 4. The molecule has 0 saturated carbocycles. The van der Waals surface area contributed by atoms with E-state index in [1.165, 1.54) is 13.0 Å². The molecule has 0 spiro atoms. The fraction of sp³-hybridized carbons (Fsp3) is 0.316. The summed E-state index contributed by atoms with van der Waals surface area (Å²) < 4.78 is 9.87. The zero-order valence-corrected chi connectivity index (χ0v) is 16.1. The molecule has 29 heavy (non-hydrogen) atoms. The third-order valence-electron chi connectivity index (χ3n) is 4.47. The van der Waals surface area contributed by atoms with E-state index >= 15 is 0 Å². The topological polar surface area (TPSA) is 131 Å². The molecule has 1 aliphatic rings. The quantitative estimate of drug-likeness (QED) is 0.552. The minimum atomic E-state index is -1.29. The summed E-state index contributed by atoms with van der Waals surface area (Å²) in [6, 6.07) is 9.48. The number of hydrogen-bond acceptors (Lipinski definition) is 7. The van der Waals surface area contributed by atoms with Crippen LogP contribution in [0.25, 0.3) is 0 Å². The molecule has 3 rings (SSSR count). The minimum absolute atomic E-state index is 0.183. The fourth-order valence-corrected chi connectivity index (χ4v) is 2.88. The first-order chi connectivity index (χ1) is 13.7. The van der Waals surface area contributed by atoms with Crippen LogP contribution < -0.4 is 10.6 Å². The van der Waals surface area contributed by atoms with Crippen LogP contribution >= 0.6 is 0 Å². The Morgan fingerprint density at radius 1 is 1.31 bits per heavy atom. The number of nitrogens with zero attached hydrogens (tertiary/aromatic N) is 2. The first-order valence-electron chi connectivity index (χ1n) is 8.84. The van der Waals surface area contributed by atoms with Crippen LogP contribution in [-0.2, 0) is 24.7 Å². The van der Waals surface area contributed by atoms with Crippen LogP contribution in [0.15, 0.2) is 40.9 Å². The molecule has 10 nitrogen and oxygen atoms in total. The Morgan fingerprint density at radius 2 is 2.00 bits per heavy atom. The molecule has 1 aromatic heterocycles. The summed E-state index contributed by atoms with van der Waals surface area (Å²) in [6.45, 7) is 3.96. The summed E-state index contributed by atoms with van der Waals surface area (Å²) >= 11 is 0. The number of aryl methyl sites for hydroxylation is 1. The Balaban J connectivity index is 1.60. The number of nitrogens with one attached hydrogen (secondary N) is 2. The number of amides is 4. The van der Waals surface area contributed by atoms with Gasteiger partial charge in [0.15, 0.2) is 11.9 Å². The normalized spacial score (nSPS) is 19.6. The first kappa shape index (κ1) is 20.1. The third-order valence-corrected chi connectivity index (χ3v) is 4.47. The number of ether oxygens (including phenoxy) is 1. The van der Waals surface area contributed by atoms with E-state index in [2.05, 4.69) is 15.8 Å². The largest absolute Gasteiger partial charge is 0.451 e. The summed E-state index contributed by atoms with van der Waals surface area (Å²) in [5, 5.41) is 8.64. The smallest absolute Gasteiger partial charge is 0.327 e. The molecular weight excluding hydrogens is 380 g/mol. The van der Waals surface area contributed by atoms with E-state index in [4.69, 9.17) is 9.26 Å². The molecular formula is C19H20N4O6. The summed E-state index contributed by atoms with van der Waals surface area (Å²) in [7, 11) is 0. The number of esters is 1. The van der Waals surface area contributed by atoms with Crippen molar-refractivity contribution in [2.75, 3.05) is 11.9 Å². The average Bonchev–Trinajstić information content (AvgIpc) is 3.18. The monoisotopic (exact) mass is 400 g/mol. The lowest BCUT2D eigenvalue weighted by molar-refractivity contribution is -0.155. The lowest BCUT2D eigenvalue weighted by Crippen LogP contribution is -2.42. The molecule has 1 aromatic carbocycles. The molecule has 1 aliphatic heterocycles. The Bertz CT molecular complexity index is 957. The molecule has 10 heteroatoms. The van der Waals surface area contributed by atoms with Crippen LogP contribution in [0.3, 0.4) is 0 Å². The van der Waals surface area contributed by atoms with E-state index in [0.717, 1.165) is 4.90 Å². The molecule has 0 aliphatic carbocycles. The number of aromatic nitrogens is 1. The lowest BCUT2D eigenvalue weighted by atomic mass is 9.92. The number of hydrogen-bond donors (Lipinski definition) is 2. The molecule has 0 radical (unpaired) electrons. The highest BCUT2D eigenvalue weighted by Crippen LogP contribution is 2.28. The standard InChI is InChI=1S/C19H20N4O6/c1-11-9-14(22-29-11)20-16(25)12(2)28-15(24)10-23-17(26)19(3,21-18(23)27)13-7-5-4-6-8-13/h4-9,12H,10H2,1-3H3,(H,21,27)(H,20,22,25)/t12-,19+/m1/s1. The summed E-state index contributed by atoms with van der Waals surface area (Å²) in [4.78, 5) is 50.1. The lowest BCUT2D eigenvalue weighted by Gasteiger charge is -2.22. The van der Waals surface area contributed by atoms with E-state index in [9.17, 15) is 19.2 Å². The van der Waals surface area contributed by atoms with E-state index in [1.807, 2.05) is 0 Å². The number of carbonyl (C=O) groups is 4. The second kappa shape index (κ2) is 7.74. The van der Waals surface area contributed by atoms with Gasteiger partial charge in [-0.25, -0.2) is 4.79 Å². The van der Waals surface area contributed by atoms with Crippen molar-refractivity contribution in [3.8, 4) is 0 Å². The zero-order chi connectivity index (χ0) is 21.2. The van der Waals surface area contributed by atoms with Crippen LogP contribution in [-0.4, -0.2) is 46.5 Å². The van der Waals surface area contributed by atoms with Gasteiger partial charge in [-0.1, -0.05) is 35.5 Å². The fourth-order valence-electron chi connectivity index (χ4n) is 2.88. The third kappa shape index (κ3) is 4.10. The van der Waals surface area contributed by atoms with Crippen molar-refractivity contribution in [2.24, 2.45) is 0 Å².